The Balaban J connectivity index is 1.79. The molecule has 2 atom stereocenters. The molecule has 4 heteroatoms. The van der Waals surface area contributed by atoms with E-state index in [1.165, 1.54) is 41.8 Å². The lowest BCUT2D eigenvalue weighted by atomic mass is 9.93. The van der Waals surface area contributed by atoms with E-state index in [0.717, 1.165) is 10.0 Å². The molecule has 1 aliphatic rings. The topological polar surface area (TPSA) is 12.0 Å². The Hall–Kier alpha value is -0.710. The standard InChI is InChI=1S/C16H17BrFNS/c1-10(12-6-5-11(18)9-14(12)17)19-15-3-2-4-16-13(15)7-8-20-16/h5-10,15,19H,2-4H2,1H3. The van der Waals surface area contributed by atoms with E-state index in [-0.39, 0.29) is 11.9 Å². The number of thiophene rings is 1. The SMILES string of the molecule is CC(NC1CCCc2sccc21)c1ccc(F)cc1Br. The van der Waals surface area contributed by atoms with Crippen LogP contribution in [-0.4, -0.2) is 0 Å². The van der Waals surface area contributed by atoms with E-state index >= 15 is 0 Å². The zero-order chi connectivity index (χ0) is 14.1. The second kappa shape index (κ2) is 5.96. The first-order valence-electron chi connectivity index (χ1n) is 6.92. The van der Waals surface area contributed by atoms with Gasteiger partial charge in [-0.2, -0.15) is 0 Å². The number of hydrogen-bond acceptors (Lipinski definition) is 2. The Labute approximate surface area is 131 Å². The van der Waals surface area contributed by atoms with Crippen molar-refractivity contribution >= 4 is 27.3 Å². The molecule has 3 rings (SSSR count). The summed E-state index contributed by atoms with van der Waals surface area (Å²) < 4.78 is 14.0. The van der Waals surface area contributed by atoms with Crippen molar-refractivity contribution in [2.45, 2.75) is 38.3 Å². The molecule has 0 bridgehead atoms. The second-order valence-electron chi connectivity index (χ2n) is 5.30. The van der Waals surface area contributed by atoms with Crippen LogP contribution in [0.1, 0.15) is 47.9 Å². The zero-order valence-electron chi connectivity index (χ0n) is 11.3. The first-order chi connectivity index (χ1) is 9.65. The highest BCUT2D eigenvalue weighted by Gasteiger charge is 2.23. The molecule has 0 saturated carbocycles. The molecule has 20 heavy (non-hydrogen) atoms. The van der Waals surface area contributed by atoms with Crippen molar-refractivity contribution in [3.05, 3.63) is 55.9 Å². The van der Waals surface area contributed by atoms with Crippen molar-refractivity contribution in [1.82, 2.24) is 5.32 Å². The molecular formula is C16H17BrFNS. The molecule has 0 spiro atoms. The van der Waals surface area contributed by atoms with Crippen molar-refractivity contribution in [1.29, 1.82) is 0 Å². The highest BCUT2D eigenvalue weighted by molar-refractivity contribution is 9.10. The molecule has 1 nitrogen and oxygen atoms in total. The molecule has 1 aromatic carbocycles. The summed E-state index contributed by atoms with van der Waals surface area (Å²) in [6.07, 6.45) is 3.62. The Morgan fingerprint density at radius 3 is 3.05 bits per heavy atom. The van der Waals surface area contributed by atoms with Gasteiger partial charge in [-0.25, -0.2) is 4.39 Å². The van der Waals surface area contributed by atoms with Crippen LogP contribution in [0.2, 0.25) is 0 Å². The van der Waals surface area contributed by atoms with Gasteiger partial charge in [0.2, 0.25) is 0 Å². The van der Waals surface area contributed by atoms with E-state index < -0.39 is 0 Å². The van der Waals surface area contributed by atoms with E-state index in [2.05, 4.69) is 39.6 Å². The quantitative estimate of drug-likeness (QED) is 0.781. The summed E-state index contributed by atoms with van der Waals surface area (Å²) in [5.41, 5.74) is 2.56. The number of benzene rings is 1. The van der Waals surface area contributed by atoms with Crippen molar-refractivity contribution in [3.8, 4) is 0 Å². The summed E-state index contributed by atoms with van der Waals surface area (Å²) in [5, 5.41) is 5.88. The lowest BCUT2D eigenvalue weighted by molar-refractivity contribution is 0.417. The summed E-state index contributed by atoms with van der Waals surface area (Å²) in [4.78, 5) is 1.51. The summed E-state index contributed by atoms with van der Waals surface area (Å²) in [7, 11) is 0. The van der Waals surface area contributed by atoms with Crippen LogP contribution in [0.25, 0.3) is 0 Å². The van der Waals surface area contributed by atoms with Crippen LogP contribution in [0, 0.1) is 5.82 Å². The van der Waals surface area contributed by atoms with E-state index in [0.29, 0.717) is 6.04 Å². The van der Waals surface area contributed by atoms with Crippen LogP contribution in [0.4, 0.5) is 4.39 Å². The number of rotatable bonds is 3. The van der Waals surface area contributed by atoms with E-state index in [4.69, 9.17) is 0 Å². The largest absolute Gasteiger partial charge is 0.303 e. The van der Waals surface area contributed by atoms with Crippen LogP contribution in [0.5, 0.6) is 0 Å². The van der Waals surface area contributed by atoms with Crippen molar-refractivity contribution in [3.63, 3.8) is 0 Å². The van der Waals surface area contributed by atoms with Gasteiger partial charge in [-0.15, -0.1) is 11.3 Å². The van der Waals surface area contributed by atoms with Gasteiger partial charge in [0.1, 0.15) is 5.82 Å². The molecule has 106 valence electrons. The van der Waals surface area contributed by atoms with Gasteiger partial charge in [-0.1, -0.05) is 22.0 Å². The minimum atomic E-state index is -0.203. The third-order valence-corrected chi connectivity index (χ3v) is 5.62. The van der Waals surface area contributed by atoms with Gasteiger partial charge in [-0.05, 0) is 60.9 Å². The normalized spacial score (nSPS) is 19.6. The average Bonchev–Trinajstić information content (AvgIpc) is 2.87. The smallest absolute Gasteiger partial charge is 0.124 e. The van der Waals surface area contributed by atoms with Crippen molar-refractivity contribution < 1.29 is 4.39 Å². The third-order valence-electron chi connectivity index (χ3n) is 3.93. The van der Waals surface area contributed by atoms with E-state index in [9.17, 15) is 4.39 Å². The first kappa shape index (κ1) is 14.2. The number of fused-ring (bicyclic) bond motifs is 1. The third kappa shape index (κ3) is 2.83. The molecule has 0 fully saturated rings. The molecule has 0 saturated heterocycles. The van der Waals surface area contributed by atoms with Gasteiger partial charge < -0.3 is 5.32 Å². The Kier molecular flexibility index (Phi) is 4.24. The number of halogens is 2. The molecule has 0 aliphatic heterocycles. The fraction of sp³-hybridized carbons (Fsp3) is 0.375. The van der Waals surface area contributed by atoms with E-state index in [1.54, 1.807) is 0 Å². The average molecular weight is 354 g/mol. The fourth-order valence-corrected chi connectivity index (χ4v) is 4.59. The second-order valence-corrected chi connectivity index (χ2v) is 7.15. The number of nitrogens with one attached hydrogen (secondary N) is 1. The first-order valence-corrected chi connectivity index (χ1v) is 8.59. The van der Waals surface area contributed by atoms with Gasteiger partial charge in [0, 0.05) is 21.4 Å². The highest BCUT2D eigenvalue weighted by Crippen LogP contribution is 2.35. The molecule has 1 aromatic heterocycles. The number of hydrogen-bond donors (Lipinski definition) is 1. The lowest BCUT2D eigenvalue weighted by Crippen LogP contribution is -2.27. The van der Waals surface area contributed by atoms with Gasteiger partial charge in [0.25, 0.3) is 0 Å². The van der Waals surface area contributed by atoms with Gasteiger partial charge in [-0.3, -0.25) is 0 Å². The summed E-state index contributed by atoms with van der Waals surface area (Å²) in [5.74, 6) is -0.203. The van der Waals surface area contributed by atoms with Crippen LogP contribution in [0.15, 0.2) is 34.1 Å². The molecular weight excluding hydrogens is 337 g/mol. The monoisotopic (exact) mass is 353 g/mol. The maximum Gasteiger partial charge on any atom is 0.124 e. The van der Waals surface area contributed by atoms with Crippen LogP contribution < -0.4 is 5.32 Å². The Morgan fingerprint density at radius 1 is 1.40 bits per heavy atom. The summed E-state index contributed by atoms with van der Waals surface area (Å²) >= 11 is 5.32. The molecule has 2 unspecified atom stereocenters. The van der Waals surface area contributed by atoms with Crippen LogP contribution in [-0.2, 0) is 6.42 Å². The highest BCUT2D eigenvalue weighted by atomic mass is 79.9. The lowest BCUT2D eigenvalue weighted by Gasteiger charge is -2.28. The van der Waals surface area contributed by atoms with Crippen molar-refractivity contribution in [2.24, 2.45) is 0 Å². The Morgan fingerprint density at radius 2 is 2.25 bits per heavy atom. The predicted molar refractivity (Wildman–Crippen MR) is 85.6 cm³/mol. The molecule has 0 radical (unpaired) electrons. The van der Waals surface area contributed by atoms with Gasteiger partial charge >= 0.3 is 0 Å². The molecule has 1 heterocycles. The number of aryl methyl sites for hydroxylation is 1. The van der Waals surface area contributed by atoms with Crippen LogP contribution >= 0.6 is 27.3 Å². The molecule has 1 aliphatic carbocycles. The van der Waals surface area contributed by atoms with Gasteiger partial charge in [0.05, 0.1) is 0 Å². The minimum absolute atomic E-state index is 0.195. The zero-order valence-corrected chi connectivity index (χ0v) is 13.7. The maximum atomic E-state index is 13.2. The fourth-order valence-electron chi connectivity index (χ4n) is 2.90. The van der Waals surface area contributed by atoms with Crippen LogP contribution in [0.3, 0.4) is 0 Å². The molecule has 1 N–H and O–H groups in total. The molecule has 0 amide bonds. The summed E-state index contributed by atoms with van der Waals surface area (Å²) in [6, 6.07) is 7.76. The van der Waals surface area contributed by atoms with Gasteiger partial charge in [0.15, 0.2) is 0 Å². The maximum absolute atomic E-state index is 13.2. The van der Waals surface area contributed by atoms with Crippen molar-refractivity contribution in [2.75, 3.05) is 0 Å². The minimum Gasteiger partial charge on any atom is -0.303 e. The molecule has 2 aromatic rings. The summed E-state index contributed by atoms with van der Waals surface area (Å²) in [6.45, 7) is 2.14. The Bertz CT molecular complexity index is 610. The predicted octanol–water partition coefficient (Wildman–Crippen LogP) is 5.38. The van der Waals surface area contributed by atoms with E-state index in [1.807, 2.05) is 17.4 Å².